The highest BCUT2D eigenvalue weighted by molar-refractivity contribution is 14.1. The third kappa shape index (κ3) is 2.26. The number of hydrogen-bond donors (Lipinski definition) is 0. The molecule has 0 unspecified atom stereocenters. The zero-order valence-electron chi connectivity index (χ0n) is 5.36. The molecule has 0 fully saturated rings. The van der Waals surface area contributed by atoms with Gasteiger partial charge in [-0.05, 0) is 25.5 Å². The van der Waals surface area contributed by atoms with E-state index in [0.29, 0.717) is 0 Å². The normalized spacial score (nSPS) is 10.0. The predicted molar refractivity (Wildman–Crippen MR) is 51.6 cm³/mol. The Morgan fingerprint density at radius 1 is 1.56 bits per heavy atom. The SMILES string of the molecule is Cc1ccc(CCI)s1. The van der Waals surface area contributed by atoms with E-state index < -0.39 is 0 Å². The van der Waals surface area contributed by atoms with Crippen LogP contribution in [-0.4, -0.2) is 4.43 Å². The van der Waals surface area contributed by atoms with E-state index >= 15 is 0 Å². The maximum Gasteiger partial charge on any atom is 0.00556 e. The second kappa shape index (κ2) is 3.56. The second-order valence-electron chi connectivity index (χ2n) is 1.95. The Balaban J connectivity index is 2.61. The third-order valence-electron chi connectivity index (χ3n) is 1.14. The van der Waals surface area contributed by atoms with Crippen LogP contribution in [0.15, 0.2) is 12.1 Å². The molecule has 0 N–H and O–H groups in total. The molecule has 1 heterocycles. The number of rotatable bonds is 2. The van der Waals surface area contributed by atoms with Crippen LogP contribution in [0, 0.1) is 6.92 Å². The van der Waals surface area contributed by atoms with Gasteiger partial charge >= 0.3 is 0 Å². The highest BCUT2D eigenvalue weighted by Crippen LogP contribution is 2.15. The van der Waals surface area contributed by atoms with Crippen molar-refractivity contribution in [3.05, 3.63) is 21.9 Å². The first-order valence-corrected chi connectivity index (χ1v) is 5.28. The molecule has 0 saturated carbocycles. The minimum Gasteiger partial charge on any atom is -0.146 e. The predicted octanol–water partition coefficient (Wildman–Crippen LogP) is 3.03. The Hall–Kier alpha value is 0.430. The van der Waals surface area contributed by atoms with Gasteiger partial charge in [0.1, 0.15) is 0 Å². The van der Waals surface area contributed by atoms with E-state index in [1.807, 2.05) is 11.3 Å². The number of hydrogen-bond acceptors (Lipinski definition) is 1. The van der Waals surface area contributed by atoms with Gasteiger partial charge in [0.2, 0.25) is 0 Å². The van der Waals surface area contributed by atoms with Crippen LogP contribution in [0.25, 0.3) is 0 Å². The van der Waals surface area contributed by atoms with E-state index in [9.17, 15) is 0 Å². The monoisotopic (exact) mass is 252 g/mol. The minimum absolute atomic E-state index is 1.23. The van der Waals surface area contributed by atoms with Crippen LogP contribution in [0.1, 0.15) is 9.75 Å². The Bertz CT molecular complexity index is 181. The van der Waals surface area contributed by atoms with Gasteiger partial charge < -0.3 is 0 Å². The molecule has 0 aliphatic heterocycles. The molecule has 0 spiro atoms. The van der Waals surface area contributed by atoms with Crippen LogP contribution in [0.4, 0.5) is 0 Å². The summed E-state index contributed by atoms with van der Waals surface area (Å²) in [6.07, 6.45) is 1.24. The van der Waals surface area contributed by atoms with E-state index in [0.717, 1.165) is 0 Å². The number of thiophene rings is 1. The first-order chi connectivity index (χ1) is 4.33. The van der Waals surface area contributed by atoms with Gasteiger partial charge in [-0.3, -0.25) is 0 Å². The maximum atomic E-state index is 2.41. The highest BCUT2D eigenvalue weighted by Gasteiger charge is 1.92. The number of aryl methyl sites for hydroxylation is 2. The molecule has 2 heteroatoms. The van der Waals surface area contributed by atoms with E-state index in [2.05, 4.69) is 41.6 Å². The topological polar surface area (TPSA) is 0 Å². The summed E-state index contributed by atoms with van der Waals surface area (Å²) >= 11 is 4.31. The van der Waals surface area contributed by atoms with Crippen LogP contribution in [0.3, 0.4) is 0 Å². The summed E-state index contributed by atoms with van der Waals surface area (Å²) in [5, 5.41) is 0. The zero-order chi connectivity index (χ0) is 6.69. The van der Waals surface area contributed by atoms with E-state index in [-0.39, 0.29) is 0 Å². The molecule has 0 aromatic carbocycles. The van der Waals surface area contributed by atoms with Crippen molar-refractivity contribution in [2.45, 2.75) is 13.3 Å². The van der Waals surface area contributed by atoms with Gasteiger partial charge in [-0.2, -0.15) is 0 Å². The summed E-state index contributed by atoms with van der Waals surface area (Å²) in [5.74, 6) is 0. The molecule has 0 atom stereocenters. The molecule has 50 valence electrons. The molecular formula is C7H9IS. The largest absolute Gasteiger partial charge is 0.146 e. The molecule has 0 bridgehead atoms. The molecule has 9 heavy (non-hydrogen) atoms. The van der Waals surface area contributed by atoms with Crippen LogP contribution in [-0.2, 0) is 6.42 Å². The summed E-state index contributed by atoms with van der Waals surface area (Å²) in [7, 11) is 0. The van der Waals surface area contributed by atoms with Gasteiger partial charge in [-0.25, -0.2) is 0 Å². The molecule has 0 radical (unpaired) electrons. The molecule has 0 saturated heterocycles. The van der Waals surface area contributed by atoms with Gasteiger partial charge in [0, 0.05) is 14.2 Å². The Morgan fingerprint density at radius 3 is 2.78 bits per heavy atom. The molecule has 1 aromatic heterocycles. The number of halogens is 1. The van der Waals surface area contributed by atoms with Gasteiger partial charge in [-0.15, -0.1) is 11.3 Å². The first kappa shape index (κ1) is 7.54. The van der Waals surface area contributed by atoms with Crippen molar-refractivity contribution in [3.63, 3.8) is 0 Å². The quantitative estimate of drug-likeness (QED) is 0.560. The minimum atomic E-state index is 1.23. The van der Waals surface area contributed by atoms with Crippen molar-refractivity contribution >= 4 is 33.9 Å². The van der Waals surface area contributed by atoms with Crippen molar-refractivity contribution in [2.75, 3.05) is 4.43 Å². The lowest BCUT2D eigenvalue weighted by atomic mass is 10.4. The van der Waals surface area contributed by atoms with Gasteiger partial charge in [-0.1, -0.05) is 22.6 Å². The second-order valence-corrected chi connectivity index (χ2v) is 4.40. The lowest BCUT2D eigenvalue weighted by Crippen LogP contribution is -1.76. The standard InChI is InChI=1S/C7H9IS/c1-6-2-3-7(9-6)4-5-8/h2-3H,4-5H2,1H3. The van der Waals surface area contributed by atoms with Crippen LogP contribution < -0.4 is 0 Å². The zero-order valence-corrected chi connectivity index (χ0v) is 8.33. The smallest absolute Gasteiger partial charge is 0.00556 e. The Morgan fingerprint density at radius 2 is 2.33 bits per heavy atom. The Kier molecular flexibility index (Phi) is 2.98. The van der Waals surface area contributed by atoms with Gasteiger partial charge in [0.25, 0.3) is 0 Å². The number of alkyl halides is 1. The average Bonchev–Trinajstić information content (AvgIpc) is 2.17. The molecule has 0 nitrogen and oxygen atoms in total. The summed E-state index contributed by atoms with van der Waals surface area (Å²) in [6.45, 7) is 2.15. The lowest BCUT2D eigenvalue weighted by molar-refractivity contribution is 1.23. The fourth-order valence-corrected chi connectivity index (χ4v) is 2.55. The van der Waals surface area contributed by atoms with E-state index in [4.69, 9.17) is 0 Å². The lowest BCUT2D eigenvalue weighted by Gasteiger charge is -1.85. The van der Waals surface area contributed by atoms with E-state index in [1.54, 1.807) is 0 Å². The van der Waals surface area contributed by atoms with Crippen molar-refractivity contribution in [1.82, 2.24) is 0 Å². The van der Waals surface area contributed by atoms with Crippen LogP contribution in [0.5, 0.6) is 0 Å². The molecule has 0 aliphatic carbocycles. The van der Waals surface area contributed by atoms with E-state index in [1.165, 1.54) is 20.6 Å². The maximum absolute atomic E-state index is 2.41. The molecule has 1 rings (SSSR count). The molecular weight excluding hydrogens is 243 g/mol. The Labute approximate surface area is 73.4 Å². The molecule has 0 aliphatic rings. The third-order valence-corrected chi connectivity index (χ3v) is 2.74. The van der Waals surface area contributed by atoms with Gasteiger partial charge in [0.05, 0.1) is 0 Å². The fourth-order valence-electron chi connectivity index (χ4n) is 0.713. The average molecular weight is 252 g/mol. The highest BCUT2D eigenvalue weighted by atomic mass is 127. The van der Waals surface area contributed by atoms with Crippen molar-refractivity contribution < 1.29 is 0 Å². The first-order valence-electron chi connectivity index (χ1n) is 2.94. The summed E-state index contributed by atoms with van der Waals surface area (Å²) in [4.78, 5) is 2.94. The summed E-state index contributed by atoms with van der Waals surface area (Å²) in [5.41, 5.74) is 0. The molecule has 0 amide bonds. The van der Waals surface area contributed by atoms with Gasteiger partial charge in [0.15, 0.2) is 0 Å². The van der Waals surface area contributed by atoms with Crippen LogP contribution in [0.2, 0.25) is 0 Å². The summed E-state index contributed by atoms with van der Waals surface area (Å²) < 4.78 is 1.23. The van der Waals surface area contributed by atoms with Crippen LogP contribution >= 0.6 is 33.9 Å². The summed E-state index contributed by atoms with van der Waals surface area (Å²) in [6, 6.07) is 4.41. The van der Waals surface area contributed by atoms with Crippen molar-refractivity contribution in [2.24, 2.45) is 0 Å². The van der Waals surface area contributed by atoms with Crippen molar-refractivity contribution in [1.29, 1.82) is 0 Å². The fraction of sp³-hybridized carbons (Fsp3) is 0.429. The van der Waals surface area contributed by atoms with Crippen molar-refractivity contribution in [3.8, 4) is 0 Å². The molecule has 1 aromatic rings.